The van der Waals surface area contributed by atoms with Crippen LogP contribution >= 0.6 is 0 Å². The Balaban J connectivity index is 2.05. The molecule has 0 aromatic heterocycles. The number of aliphatic hydroxyl groups excluding tert-OH is 1. The molecule has 88 valence electrons. The zero-order chi connectivity index (χ0) is 10.9. The molecule has 2 aliphatic rings. The van der Waals surface area contributed by atoms with E-state index in [2.05, 4.69) is 11.8 Å². The summed E-state index contributed by atoms with van der Waals surface area (Å²) in [5.41, 5.74) is -0.859. The van der Waals surface area contributed by atoms with Gasteiger partial charge in [0.15, 0.2) is 0 Å². The molecule has 1 heterocycles. The van der Waals surface area contributed by atoms with E-state index in [1.165, 1.54) is 12.8 Å². The van der Waals surface area contributed by atoms with Crippen molar-refractivity contribution in [2.45, 2.75) is 63.2 Å². The van der Waals surface area contributed by atoms with Crippen LogP contribution in [0.2, 0.25) is 0 Å². The predicted molar refractivity (Wildman–Crippen MR) is 59.7 cm³/mol. The van der Waals surface area contributed by atoms with E-state index in [-0.39, 0.29) is 6.04 Å². The first-order chi connectivity index (χ1) is 7.14. The fraction of sp³-hybridized carbons (Fsp3) is 1.00. The second-order valence-electron chi connectivity index (χ2n) is 5.17. The Bertz CT molecular complexity index is 216. The van der Waals surface area contributed by atoms with Crippen LogP contribution in [0.25, 0.3) is 0 Å². The Hall–Kier alpha value is -0.120. The molecule has 0 bridgehead atoms. The molecule has 0 aromatic rings. The molecule has 1 aliphatic heterocycles. The number of likely N-dealkylation sites (tertiary alicyclic amines) is 1. The molecular weight excluding hydrogens is 190 g/mol. The predicted octanol–water partition coefficient (Wildman–Crippen LogP) is 1.14. The Morgan fingerprint density at radius 1 is 1.20 bits per heavy atom. The van der Waals surface area contributed by atoms with Gasteiger partial charge in [-0.1, -0.05) is 12.8 Å². The smallest absolute Gasteiger partial charge is 0.106 e. The van der Waals surface area contributed by atoms with Gasteiger partial charge in [0.05, 0.1) is 6.10 Å². The molecule has 0 amide bonds. The highest BCUT2D eigenvalue weighted by atomic mass is 16.3. The Labute approximate surface area is 92.1 Å². The second-order valence-corrected chi connectivity index (χ2v) is 5.17. The van der Waals surface area contributed by atoms with Crippen LogP contribution in [0.5, 0.6) is 0 Å². The molecular formula is C12H23NO2. The van der Waals surface area contributed by atoms with Crippen LogP contribution in [0.3, 0.4) is 0 Å². The summed E-state index contributed by atoms with van der Waals surface area (Å²) >= 11 is 0. The summed E-state index contributed by atoms with van der Waals surface area (Å²) in [7, 11) is 0. The lowest BCUT2D eigenvalue weighted by Crippen LogP contribution is -2.58. The summed E-state index contributed by atoms with van der Waals surface area (Å²) in [5.74, 6) is 0. The van der Waals surface area contributed by atoms with Gasteiger partial charge in [-0.2, -0.15) is 0 Å². The first kappa shape index (κ1) is 11.4. The third-order valence-corrected chi connectivity index (χ3v) is 4.29. The van der Waals surface area contributed by atoms with Gasteiger partial charge in [-0.05, 0) is 45.7 Å². The van der Waals surface area contributed by atoms with Crippen molar-refractivity contribution < 1.29 is 10.2 Å². The first-order valence-corrected chi connectivity index (χ1v) is 6.29. The maximum absolute atomic E-state index is 10.6. The average molecular weight is 213 g/mol. The standard InChI is InChI=1S/C12H23NO2/c1-10(13-8-4-5-9-13)12(15)7-3-2-6-11(12)14/h10-11,14-15H,2-9H2,1H3. The molecule has 1 aliphatic carbocycles. The van der Waals surface area contributed by atoms with Crippen molar-refractivity contribution in [2.75, 3.05) is 13.1 Å². The van der Waals surface area contributed by atoms with Gasteiger partial charge in [-0.15, -0.1) is 0 Å². The van der Waals surface area contributed by atoms with Crippen LogP contribution in [-0.4, -0.2) is 45.9 Å². The molecule has 15 heavy (non-hydrogen) atoms. The van der Waals surface area contributed by atoms with Crippen molar-refractivity contribution in [2.24, 2.45) is 0 Å². The Morgan fingerprint density at radius 3 is 2.47 bits per heavy atom. The fourth-order valence-electron chi connectivity index (χ4n) is 3.09. The largest absolute Gasteiger partial charge is 0.390 e. The van der Waals surface area contributed by atoms with Crippen LogP contribution in [0.15, 0.2) is 0 Å². The van der Waals surface area contributed by atoms with Gasteiger partial charge in [0.25, 0.3) is 0 Å². The number of hydrogen-bond acceptors (Lipinski definition) is 3. The van der Waals surface area contributed by atoms with Gasteiger partial charge in [0.1, 0.15) is 5.60 Å². The summed E-state index contributed by atoms with van der Waals surface area (Å²) in [5, 5.41) is 20.6. The van der Waals surface area contributed by atoms with Crippen LogP contribution in [0.4, 0.5) is 0 Å². The summed E-state index contributed by atoms with van der Waals surface area (Å²) in [4.78, 5) is 2.33. The zero-order valence-corrected chi connectivity index (χ0v) is 9.65. The maximum Gasteiger partial charge on any atom is 0.106 e. The van der Waals surface area contributed by atoms with E-state index in [1.54, 1.807) is 0 Å². The molecule has 1 saturated carbocycles. The second kappa shape index (κ2) is 4.40. The Morgan fingerprint density at radius 2 is 1.87 bits per heavy atom. The number of rotatable bonds is 2. The average Bonchev–Trinajstić information content (AvgIpc) is 2.74. The molecule has 0 radical (unpaired) electrons. The van der Waals surface area contributed by atoms with Crippen LogP contribution in [0, 0.1) is 0 Å². The summed E-state index contributed by atoms with van der Waals surface area (Å²) in [6.07, 6.45) is 5.55. The van der Waals surface area contributed by atoms with E-state index >= 15 is 0 Å². The van der Waals surface area contributed by atoms with E-state index in [9.17, 15) is 10.2 Å². The lowest BCUT2D eigenvalue weighted by molar-refractivity contribution is -0.139. The highest BCUT2D eigenvalue weighted by Crippen LogP contribution is 2.34. The molecule has 1 saturated heterocycles. The molecule has 2 fully saturated rings. The number of nitrogens with zero attached hydrogens (tertiary/aromatic N) is 1. The fourth-order valence-corrected chi connectivity index (χ4v) is 3.09. The molecule has 3 nitrogen and oxygen atoms in total. The van der Waals surface area contributed by atoms with Gasteiger partial charge in [-0.3, -0.25) is 4.90 Å². The van der Waals surface area contributed by atoms with Crippen molar-refractivity contribution in [1.82, 2.24) is 4.90 Å². The van der Waals surface area contributed by atoms with Crippen molar-refractivity contribution in [3.63, 3.8) is 0 Å². The van der Waals surface area contributed by atoms with E-state index < -0.39 is 11.7 Å². The minimum Gasteiger partial charge on any atom is -0.390 e. The normalized spacial score (nSPS) is 40.6. The highest BCUT2D eigenvalue weighted by molar-refractivity contribution is 4.99. The molecule has 3 atom stereocenters. The maximum atomic E-state index is 10.6. The van der Waals surface area contributed by atoms with E-state index in [1.807, 2.05) is 0 Å². The Kier molecular flexibility index (Phi) is 3.33. The lowest BCUT2D eigenvalue weighted by atomic mass is 9.77. The van der Waals surface area contributed by atoms with Crippen LogP contribution in [0.1, 0.15) is 45.4 Å². The monoisotopic (exact) mass is 213 g/mol. The summed E-state index contributed by atoms with van der Waals surface area (Å²) in [6, 6.07) is 0.107. The van der Waals surface area contributed by atoms with Crippen LogP contribution in [-0.2, 0) is 0 Å². The lowest BCUT2D eigenvalue weighted by Gasteiger charge is -2.44. The van der Waals surface area contributed by atoms with Crippen LogP contribution < -0.4 is 0 Å². The van der Waals surface area contributed by atoms with Gasteiger partial charge >= 0.3 is 0 Å². The SMILES string of the molecule is CC(N1CCCC1)C1(O)CCCCC1O. The van der Waals surface area contributed by atoms with E-state index in [0.717, 1.165) is 38.8 Å². The zero-order valence-electron chi connectivity index (χ0n) is 9.65. The van der Waals surface area contributed by atoms with E-state index in [0.29, 0.717) is 0 Å². The molecule has 2 rings (SSSR count). The molecule has 0 spiro atoms. The molecule has 3 unspecified atom stereocenters. The number of hydrogen-bond donors (Lipinski definition) is 2. The third-order valence-electron chi connectivity index (χ3n) is 4.29. The van der Waals surface area contributed by atoms with Crippen molar-refractivity contribution in [3.8, 4) is 0 Å². The topological polar surface area (TPSA) is 43.7 Å². The van der Waals surface area contributed by atoms with Gasteiger partial charge < -0.3 is 10.2 Å². The molecule has 2 N–H and O–H groups in total. The van der Waals surface area contributed by atoms with Gasteiger partial charge in [0, 0.05) is 6.04 Å². The van der Waals surface area contributed by atoms with Gasteiger partial charge in [-0.25, -0.2) is 0 Å². The minimum atomic E-state index is -0.859. The van der Waals surface area contributed by atoms with Crippen molar-refractivity contribution >= 4 is 0 Å². The van der Waals surface area contributed by atoms with Crippen molar-refractivity contribution in [3.05, 3.63) is 0 Å². The van der Waals surface area contributed by atoms with E-state index in [4.69, 9.17) is 0 Å². The number of aliphatic hydroxyl groups is 2. The molecule has 0 aromatic carbocycles. The first-order valence-electron chi connectivity index (χ1n) is 6.29. The van der Waals surface area contributed by atoms with Gasteiger partial charge in [0.2, 0.25) is 0 Å². The van der Waals surface area contributed by atoms with Crippen molar-refractivity contribution in [1.29, 1.82) is 0 Å². The summed E-state index contributed by atoms with van der Waals surface area (Å²) in [6.45, 7) is 4.23. The highest BCUT2D eigenvalue weighted by Gasteiger charge is 2.45. The quantitative estimate of drug-likeness (QED) is 0.723. The molecule has 3 heteroatoms. The third kappa shape index (κ3) is 2.05. The minimum absolute atomic E-state index is 0.107. The summed E-state index contributed by atoms with van der Waals surface area (Å²) < 4.78 is 0.